The highest BCUT2D eigenvalue weighted by Gasteiger charge is 2.24. The largest absolute Gasteiger partial charge is 0.489 e. The Bertz CT molecular complexity index is 1570. The Labute approximate surface area is 246 Å². The van der Waals surface area contributed by atoms with E-state index in [4.69, 9.17) is 26.1 Å². The van der Waals surface area contributed by atoms with E-state index in [-0.39, 0.29) is 24.2 Å². The first-order valence-corrected chi connectivity index (χ1v) is 14.3. The summed E-state index contributed by atoms with van der Waals surface area (Å²) in [6.45, 7) is 6.71. The SMILES string of the molecule is CC(C)Oc1ccc(Br)cc1-n1c(CN2CCN(C(=O)COc3ccc(Cl)cc3)CC2)nc2ccccc2c1=O. The van der Waals surface area contributed by atoms with E-state index in [1.54, 1.807) is 39.8 Å². The number of hydrogen-bond donors (Lipinski definition) is 0. The van der Waals surface area contributed by atoms with Crippen LogP contribution in [0.5, 0.6) is 11.5 Å². The van der Waals surface area contributed by atoms with Crippen LogP contribution >= 0.6 is 27.5 Å². The zero-order valence-corrected chi connectivity index (χ0v) is 24.7. The third-order valence-electron chi connectivity index (χ3n) is 6.64. The molecule has 0 unspecified atom stereocenters. The first-order valence-electron chi connectivity index (χ1n) is 13.1. The molecular weight excluding hydrogens is 596 g/mol. The Hall–Kier alpha value is -3.40. The van der Waals surface area contributed by atoms with E-state index in [0.29, 0.717) is 71.7 Å². The van der Waals surface area contributed by atoms with E-state index in [2.05, 4.69) is 20.8 Å². The number of carbonyl (C=O) groups is 1. The maximum absolute atomic E-state index is 13.8. The van der Waals surface area contributed by atoms with Gasteiger partial charge in [0, 0.05) is 35.7 Å². The predicted octanol–water partition coefficient (Wildman–Crippen LogP) is 5.31. The van der Waals surface area contributed by atoms with E-state index < -0.39 is 0 Å². The Balaban J connectivity index is 1.36. The molecule has 5 rings (SSSR count). The van der Waals surface area contributed by atoms with Crippen molar-refractivity contribution in [1.82, 2.24) is 19.4 Å². The first-order chi connectivity index (χ1) is 19.3. The van der Waals surface area contributed by atoms with Gasteiger partial charge >= 0.3 is 0 Å². The molecule has 0 N–H and O–H groups in total. The molecule has 0 atom stereocenters. The fourth-order valence-corrected chi connectivity index (χ4v) is 5.15. The highest BCUT2D eigenvalue weighted by atomic mass is 79.9. The smallest absolute Gasteiger partial charge is 0.266 e. The van der Waals surface area contributed by atoms with Crippen molar-refractivity contribution in [2.75, 3.05) is 32.8 Å². The van der Waals surface area contributed by atoms with E-state index in [9.17, 15) is 9.59 Å². The molecule has 4 aromatic rings. The number of carbonyl (C=O) groups excluding carboxylic acids is 1. The van der Waals surface area contributed by atoms with Crippen molar-refractivity contribution in [3.63, 3.8) is 0 Å². The van der Waals surface area contributed by atoms with Crippen LogP contribution in [0.3, 0.4) is 0 Å². The summed E-state index contributed by atoms with van der Waals surface area (Å²) in [6.07, 6.45) is -0.0678. The molecule has 0 radical (unpaired) electrons. The number of halogens is 2. The number of benzene rings is 3. The molecule has 2 heterocycles. The van der Waals surface area contributed by atoms with Crippen LogP contribution in [-0.4, -0.2) is 64.1 Å². The normalized spacial score (nSPS) is 14.1. The van der Waals surface area contributed by atoms with Gasteiger partial charge < -0.3 is 14.4 Å². The Morgan fingerprint density at radius 2 is 1.75 bits per heavy atom. The van der Waals surface area contributed by atoms with Gasteiger partial charge in [-0.15, -0.1) is 0 Å². The van der Waals surface area contributed by atoms with Gasteiger partial charge in [-0.1, -0.05) is 39.7 Å². The highest BCUT2D eigenvalue weighted by Crippen LogP contribution is 2.29. The Morgan fingerprint density at radius 3 is 2.48 bits per heavy atom. The minimum Gasteiger partial charge on any atom is -0.489 e. The molecule has 1 aliphatic rings. The van der Waals surface area contributed by atoms with Crippen LogP contribution < -0.4 is 15.0 Å². The minimum atomic E-state index is -0.152. The van der Waals surface area contributed by atoms with E-state index in [1.165, 1.54) is 0 Å². The molecule has 0 aliphatic carbocycles. The Morgan fingerprint density at radius 1 is 1.02 bits per heavy atom. The number of amides is 1. The van der Waals surface area contributed by atoms with Gasteiger partial charge in [0.15, 0.2) is 6.61 Å². The van der Waals surface area contributed by atoms with Crippen molar-refractivity contribution in [3.05, 3.63) is 92.4 Å². The molecular formula is C30H30BrClN4O4. The summed E-state index contributed by atoms with van der Waals surface area (Å²) >= 11 is 9.47. The fourth-order valence-electron chi connectivity index (χ4n) is 4.67. The molecule has 10 heteroatoms. The van der Waals surface area contributed by atoms with Gasteiger partial charge in [-0.25, -0.2) is 4.98 Å². The van der Waals surface area contributed by atoms with Crippen LogP contribution in [0.15, 0.2) is 76.0 Å². The summed E-state index contributed by atoms with van der Waals surface area (Å²) < 4.78 is 14.2. The lowest BCUT2D eigenvalue weighted by atomic mass is 10.2. The zero-order chi connectivity index (χ0) is 28.2. The molecule has 0 spiro atoms. The molecule has 3 aromatic carbocycles. The Kier molecular flexibility index (Phi) is 8.73. The van der Waals surface area contributed by atoms with Crippen LogP contribution in [0, 0.1) is 0 Å². The van der Waals surface area contributed by atoms with Crippen LogP contribution in [-0.2, 0) is 11.3 Å². The van der Waals surface area contributed by atoms with Crippen LogP contribution in [0.4, 0.5) is 0 Å². The van der Waals surface area contributed by atoms with Crippen LogP contribution in [0.2, 0.25) is 5.02 Å². The lowest BCUT2D eigenvalue weighted by molar-refractivity contribution is -0.135. The number of aromatic nitrogens is 2. The summed E-state index contributed by atoms with van der Waals surface area (Å²) in [7, 11) is 0. The summed E-state index contributed by atoms with van der Waals surface area (Å²) in [5.41, 5.74) is 1.13. The fraction of sp³-hybridized carbons (Fsp3) is 0.300. The number of piperazine rings is 1. The lowest BCUT2D eigenvalue weighted by Crippen LogP contribution is -2.50. The number of para-hydroxylation sites is 1. The van der Waals surface area contributed by atoms with Gasteiger partial charge in [0.05, 0.1) is 29.2 Å². The van der Waals surface area contributed by atoms with E-state index >= 15 is 0 Å². The van der Waals surface area contributed by atoms with Crippen molar-refractivity contribution in [2.45, 2.75) is 26.5 Å². The quantitative estimate of drug-likeness (QED) is 0.264. The van der Waals surface area contributed by atoms with Crippen LogP contribution in [0.1, 0.15) is 19.7 Å². The summed E-state index contributed by atoms with van der Waals surface area (Å²) in [4.78, 5) is 35.5. The molecule has 0 saturated carbocycles. The third kappa shape index (κ3) is 6.49. The number of hydrogen-bond acceptors (Lipinski definition) is 6. The summed E-state index contributed by atoms with van der Waals surface area (Å²) in [6, 6.07) is 20.0. The second-order valence-electron chi connectivity index (χ2n) is 9.86. The van der Waals surface area contributed by atoms with Crippen molar-refractivity contribution in [3.8, 4) is 17.2 Å². The summed E-state index contributed by atoms with van der Waals surface area (Å²) in [5, 5.41) is 1.16. The van der Waals surface area contributed by atoms with Crippen molar-refractivity contribution >= 4 is 44.3 Å². The first kappa shape index (κ1) is 28.1. The average Bonchev–Trinajstić information content (AvgIpc) is 2.94. The number of rotatable bonds is 8. The average molecular weight is 626 g/mol. The molecule has 208 valence electrons. The maximum atomic E-state index is 13.8. The van der Waals surface area contributed by atoms with Gasteiger partial charge in [0.2, 0.25) is 0 Å². The number of fused-ring (bicyclic) bond motifs is 1. The molecule has 1 aliphatic heterocycles. The maximum Gasteiger partial charge on any atom is 0.266 e. The van der Waals surface area contributed by atoms with Crippen molar-refractivity contribution < 1.29 is 14.3 Å². The third-order valence-corrected chi connectivity index (χ3v) is 7.38. The molecule has 1 amide bonds. The second-order valence-corrected chi connectivity index (χ2v) is 11.2. The van der Waals surface area contributed by atoms with Gasteiger partial charge in [0.25, 0.3) is 11.5 Å². The second kappa shape index (κ2) is 12.4. The molecule has 1 fully saturated rings. The van der Waals surface area contributed by atoms with Gasteiger partial charge in [0.1, 0.15) is 17.3 Å². The molecule has 0 bridgehead atoms. The van der Waals surface area contributed by atoms with Crippen molar-refractivity contribution in [2.24, 2.45) is 0 Å². The highest BCUT2D eigenvalue weighted by molar-refractivity contribution is 9.10. The standard InChI is InChI=1S/C30H30BrClN4O4/c1-20(2)40-27-12-7-21(31)17-26(27)36-28(33-25-6-4-3-5-24(25)30(36)38)18-34-13-15-35(16-14-34)29(37)19-39-23-10-8-22(32)9-11-23/h3-12,17,20H,13-16,18-19H2,1-2H3. The minimum absolute atomic E-state index is 0.0328. The molecule has 8 nitrogen and oxygen atoms in total. The lowest BCUT2D eigenvalue weighted by Gasteiger charge is -2.34. The number of ether oxygens (including phenoxy) is 2. The van der Waals surface area contributed by atoms with Crippen LogP contribution in [0.25, 0.3) is 16.6 Å². The zero-order valence-electron chi connectivity index (χ0n) is 22.3. The van der Waals surface area contributed by atoms with Gasteiger partial charge in [-0.3, -0.25) is 19.1 Å². The molecule has 1 saturated heterocycles. The topological polar surface area (TPSA) is 76.9 Å². The van der Waals surface area contributed by atoms with E-state index in [1.807, 2.05) is 50.2 Å². The molecule has 40 heavy (non-hydrogen) atoms. The van der Waals surface area contributed by atoms with E-state index in [0.717, 1.165) is 4.47 Å². The van der Waals surface area contributed by atoms with Crippen molar-refractivity contribution in [1.29, 1.82) is 0 Å². The monoisotopic (exact) mass is 624 g/mol. The van der Waals surface area contributed by atoms with Gasteiger partial charge in [-0.2, -0.15) is 0 Å². The number of nitrogens with zero attached hydrogens (tertiary/aromatic N) is 4. The molecule has 1 aromatic heterocycles. The predicted molar refractivity (Wildman–Crippen MR) is 160 cm³/mol. The van der Waals surface area contributed by atoms with Gasteiger partial charge in [-0.05, 0) is 68.4 Å². The summed E-state index contributed by atoms with van der Waals surface area (Å²) in [5.74, 6) is 1.75.